The van der Waals surface area contributed by atoms with Crippen LogP contribution in [0.3, 0.4) is 0 Å². The number of rotatable bonds is 7. The van der Waals surface area contributed by atoms with Crippen molar-refractivity contribution in [2.45, 2.75) is 13.3 Å². The molecule has 0 aliphatic heterocycles. The maximum Gasteiger partial charge on any atom is 0.267 e. The molecule has 0 radical (unpaired) electrons. The number of aliphatic hydroxyl groups is 1. The van der Waals surface area contributed by atoms with Crippen LogP contribution < -0.4 is 10.6 Å². The third-order valence-corrected chi connectivity index (χ3v) is 4.65. The molecule has 6 nitrogen and oxygen atoms in total. The van der Waals surface area contributed by atoms with Gasteiger partial charge >= 0.3 is 0 Å². The van der Waals surface area contributed by atoms with E-state index in [1.54, 1.807) is 18.2 Å². The second kappa shape index (κ2) is 9.21. The number of hydrogen-bond acceptors (Lipinski definition) is 3. The first kappa shape index (κ1) is 20.4. The molecule has 1 aromatic heterocycles. The Hall–Kier alpha value is -3.38. The Kier molecular flexibility index (Phi) is 6.46. The van der Waals surface area contributed by atoms with Crippen molar-refractivity contribution in [2.24, 2.45) is 7.05 Å². The number of aromatic nitrogens is 1. The van der Waals surface area contributed by atoms with E-state index in [2.05, 4.69) is 10.6 Å². The normalized spacial score (nSPS) is 11.5. The van der Waals surface area contributed by atoms with E-state index in [0.29, 0.717) is 18.5 Å². The summed E-state index contributed by atoms with van der Waals surface area (Å²) in [6.45, 7) is 2.25. The number of carbonyl (C=O) groups is 2. The fourth-order valence-corrected chi connectivity index (χ4v) is 3.08. The molecule has 3 rings (SSSR count). The minimum Gasteiger partial charge on any atom is -0.396 e. The van der Waals surface area contributed by atoms with Crippen molar-refractivity contribution in [2.75, 3.05) is 13.2 Å². The summed E-state index contributed by atoms with van der Waals surface area (Å²) in [5.41, 5.74) is 3.55. The van der Waals surface area contributed by atoms with E-state index in [-0.39, 0.29) is 18.2 Å². The summed E-state index contributed by atoms with van der Waals surface area (Å²) >= 11 is 0. The third kappa shape index (κ3) is 4.92. The zero-order valence-corrected chi connectivity index (χ0v) is 16.6. The van der Waals surface area contributed by atoms with Crippen LogP contribution in [-0.2, 0) is 11.8 Å². The molecule has 0 bridgehead atoms. The lowest BCUT2D eigenvalue weighted by Gasteiger charge is -2.11. The second-order valence-corrected chi connectivity index (χ2v) is 6.92. The maximum absolute atomic E-state index is 12.7. The van der Waals surface area contributed by atoms with Crippen LogP contribution in [0.4, 0.5) is 0 Å². The summed E-state index contributed by atoms with van der Waals surface area (Å²) in [5, 5.41) is 15.4. The lowest BCUT2D eigenvalue weighted by Crippen LogP contribution is -2.35. The van der Waals surface area contributed by atoms with E-state index in [1.165, 1.54) is 0 Å². The Morgan fingerprint density at radius 2 is 1.83 bits per heavy atom. The van der Waals surface area contributed by atoms with Gasteiger partial charge < -0.3 is 20.3 Å². The Balaban J connectivity index is 1.93. The molecule has 0 spiro atoms. The van der Waals surface area contributed by atoms with Crippen LogP contribution in [0.2, 0.25) is 0 Å². The highest BCUT2D eigenvalue weighted by Crippen LogP contribution is 2.22. The van der Waals surface area contributed by atoms with E-state index in [4.69, 9.17) is 5.11 Å². The van der Waals surface area contributed by atoms with Gasteiger partial charge in [0.15, 0.2) is 0 Å². The van der Waals surface area contributed by atoms with Crippen molar-refractivity contribution < 1.29 is 14.7 Å². The van der Waals surface area contributed by atoms with Crippen molar-refractivity contribution >= 4 is 28.8 Å². The molecule has 1 heterocycles. The van der Waals surface area contributed by atoms with Crippen LogP contribution in [-0.4, -0.2) is 34.6 Å². The third-order valence-electron chi connectivity index (χ3n) is 4.65. The van der Waals surface area contributed by atoms with Gasteiger partial charge in [-0.25, -0.2) is 0 Å². The quantitative estimate of drug-likeness (QED) is 0.428. The number of fused-ring (bicyclic) bond motifs is 1. The topological polar surface area (TPSA) is 83.4 Å². The van der Waals surface area contributed by atoms with Crippen molar-refractivity contribution in [3.05, 3.63) is 77.1 Å². The number of aryl methyl sites for hydroxylation is 2. The Bertz CT molecular complexity index is 1050. The molecule has 150 valence electrons. The number of hydrogen-bond donors (Lipinski definition) is 3. The van der Waals surface area contributed by atoms with Crippen molar-refractivity contribution in [1.82, 2.24) is 15.2 Å². The van der Waals surface area contributed by atoms with Gasteiger partial charge in [0, 0.05) is 48.4 Å². The molecule has 0 aliphatic carbocycles. The molecule has 0 aliphatic rings. The summed E-state index contributed by atoms with van der Waals surface area (Å²) in [4.78, 5) is 25.4. The summed E-state index contributed by atoms with van der Waals surface area (Å²) in [6, 6.07) is 15.0. The zero-order chi connectivity index (χ0) is 20.8. The molecule has 0 unspecified atom stereocenters. The molecule has 29 heavy (non-hydrogen) atoms. The van der Waals surface area contributed by atoms with Crippen LogP contribution in [0.5, 0.6) is 0 Å². The van der Waals surface area contributed by atoms with Gasteiger partial charge in [-0.2, -0.15) is 0 Å². The van der Waals surface area contributed by atoms with Gasteiger partial charge in [-0.1, -0.05) is 35.9 Å². The van der Waals surface area contributed by atoms with Crippen molar-refractivity contribution in [3.8, 4) is 0 Å². The van der Waals surface area contributed by atoms with E-state index in [1.807, 2.05) is 61.1 Å². The molecule has 0 saturated carbocycles. The van der Waals surface area contributed by atoms with Crippen molar-refractivity contribution in [1.29, 1.82) is 0 Å². The van der Waals surface area contributed by atoms with E-state index in [0.717, 1.165) is 22.0 Å². The number of nitrogens with one attached hydrogen (secondary N) is 2. The summed E-state index contributed by atoms with van der Waals surface area (Å²) < 4.78 is 1.98. The van der Waals surface area contributed by atoms with E-state index >= 15 is 0 Å². The average Bonchev–Trinajstić information content (AvgIpc) is 3.04. The maximum atomic E-state index is 12.7. The van der Waals surface area contributed by atoms with Gasteiger partial charge in [-0.05, 0) is 37.6 Å². The molecule has 0 fully saturated rings. The number of amides is 2. The van der Waals surface area contributed by atoms with Crippen LogP contribution >= 0.6 is 0 Å². The number of nitrogens with zero attached hydrogens (tertiary/aromatic N) is 1. The molecular weight excluding hydrogens is 366 g/mol. The molecular formula is C23H25N3O3. The second-order valence-electron chi connectivity index (χ2n) is 6.92. The fraction of sp³-hybridized carbons (Fsp3) is 0.217. The smallest absolute Gasteiger partial charge is 0.267 e. The van der Waals surface area contributed by atoms with Crippen LogP contribution in [0.15, 0.2) is 60.4 Å². The van der Waals surface area contributed by atoms with Gasteiger partial charge in [-0.3, -0.25) is 9.59 Å². The monoisotopic (exact) mass is 391 g/mol. The number of benzene rings is 2. The molecule has 3 N–H and O–H groups in total. The summed E-state index contributed by atoms with van der Waals surface area (Å²) in [7, 11) is 1.94. The van der Waals surface area contributed by atoms with Gasteiger partial charge in [0.2, 0.25) is 0 Å². The largest absolute Gasteiger partial charge is 0.396 e. The predicted molar refractivity (Wildman–Crippen MR) is 114 cm³/mol. The number of carbonyl (C=O) groups excluding carboxylic acids is 2. The molecule has 3 aromatic rings. The minimum atomic E-state index is -0.396. The predicted octanol–water partition coefficient (Wildman–Crippen LogP) is 2.76. The SMILES string of the molecule is Cc1ccc(C(=O)NC(=Cc2cn(C)c3ccccc23)C(=O)NCCCO)cc1. The average molecular weight is 391 g/mol. The molecule has 0 atom stereocenters. The van der Waals surface area contributed by atoms with Crippen molar-refractivity contribution in [3.63, 3.8) is 0 Å². The Morgan fingerprint density at radius 1 is 1.10 bits per heavy atom. The molecule has 2 aromatic carbocycles. The zero-order valence-electron chi connectivity index (χ0n) is 16.6. The van der Waals surface area contributed by atoms with Gasteiger partial charge in [-0.15, -0.1) is 0 Å². The van der Waals surface area contributed by atoms with E-state index < -0.39 is 5.91 Å². The first-order valence-electron chi connectivity index (χ1n) is 9.52. The van der Waals surface area contributed by atoms with E-state index in [9.17, 15) is 9.59 Å². The molecule has 2 amide bonds. The number of aliphatic hydroxyl groups excluding tert-OH is 1. The standard InChI is InChI=1S/C23H25N3O3/c1-16-8-10-17(11-9-16)22(28)25-20(23(29)24-12-5-13-27)14-18-15-26(2)21-7-4-3-6-19(18)21/h3-4,6-11,14-15,27H,5,12-13H2,1-2H3,(H,24,29)(H,25,28). The highest BCUT2D eigenvalue weighted by atomic mass is 16.3. The fourth-order valence-electron chi connectivity index (χ4n) is 3.08. The van der Waals surface area contributed by atoms with Gasteiger partial charge in [0.1, 0.15) is 5.70 Å². The highest BCUT2D eigenvalue weighted by Gasteiger charge is 2.16. The van der Waals surface area contributed by atoms with Crippen LogP contribution in [0.1, 0.15) is 27.9 Å². The lowest BCUT2D eigenvalue weighted by molar-refractivity contribution is -0.117. The summed E-state index contributed by atoms with van der Waals surface area (Å²) in [5.74, 6) is -0.749. The first-order valence-corrected chi connectivity index (χ1v) is 9.52. The Labute approximate surface area is 169 Å². The molecule has 0 saturated heterocycles. The number of para-hydroxylation sites is 1. The first-order chi connectivity index (χ1) is 14.0. The minimum absolute atomic E-state index is 0.0155. The highest BCUT2D eigenvalue weighted by molar-refractivity contribution is 6.06. The van der Waals surface area contributed by atoms with Crippen LogP contribution in [0.25, 0.3) is 17.0 Å². The lowest BCUT2D eigenvalue weighted by atomic mass is 10.1. The Morgan fingerprint density at radius 3 is 2.55 bits per heavy atom. The van der Waals surface area contributed by atoms with Crippen LogP contribution in [0, 0.1) is 6.92 Å². The summed E-state index contributed by atoms with van der Waals surface area (Å²) in [6.07, 6.45) is 4.05. The molecule has 6 heteroatoms. The van der Waals surface area contributed by atoms with Gasteiger partial charge in [0.25, 0.3) is 11.8 Å². The van der Waals surface area contributed by atoms with Gasteiger partial charge in [0.05, 0.1) is 0 Å².